The Balaban J connectivity index is 1.57. The van der Waals surface area contributed by atoms with Crippen LogP contribution in [0.3, 0.4) is 0 Å². The molecule has 42 heavy (non-hydrogen) atoms. The van der Waals surface area contributed by atoms with E-state index in [1.54, 1.807) is 32.3 Å². The summed E-state index contributed by atoms with van der Waals surface area (Å²) in [6, 6.07) is 1.78. The Morgan fingerprint density at radius 2 is 1.98 bits per heavy atom. The highest BCUT2D eigenvalue weighted by atomic mass is 16.6. The summed E-state index contributed by atoms with van der Waals surface area (Å²) in [6.45, 7) is 9.25. The number of carbonyl (C=O) groups is 3. The number of carbonyl (C=O) groups excluding carboxylic acids is 3. The molecule has 6 aliphatic rings. The molecule has 2 N–H and O–H groups in total. The standard InChI is InChI=1S/C32H40O10/c1-7-16(2)28(36)42-27-24-25(35)23-18(31(5)20(13-21(33)38-6)30(27,4)15-40-32(24,31)37)8-10-29(3)19(23)12-22(34)41-26(29)17-9-11-39-14-17/h7,9,11,14,18,20,24-27,35,37H,8,10,12-13,15H2,1-6H3. The molecule has 228 valence electrons. The van der Waals surface area contributed by atoms with E-state index < -0.39 is 76.0 Å². The summed E-state index contributed by atoms with van der Waals surface area (Å²) in [5.74, 6) is -5.37. The van der Waals surface area contributed by atoms with Gasteiger partial charge in [-0.25, -0.2) is 4.79 Å². The van der Waals surface area contributed by atoms with Gasteiger partial charge in [0.1, 0.15) is 12.2 Å². The Morgan fingerprint density at radius 3 is 2.62 bits per heavy atom. The van der Waals surface area contributed by atoms with Crippen molar-refractivity contribution in [1.82, 2.24) is 0 Å². The molecule has 2 saturated carbocycles. The largest absolute Gasteiger partial charge is 0.472 e. The van der Waals surface area contributed by atoms with Gasteiger partial charge in [-0.05, 0) is 55.7 Å². The van der Waals surface area contributed by atoms with E-state index in [4.69, 9.17) is 23.4 Å². The molecule has 0 aromatic carbocycles. The second-order valence-electron chi connectivity index (χ2n) is 13.4. The number of cyclic esters (lactones) is 1. The van der Waals surface area contributed by atoms with Gasteiger partial charge in [0.2, 0.25) is 0 Å². The summed E-state index contributed by atoms with van der Waals surface area (Å²) < 4.78 is 28.8. The number of ether oxygens (including phenoxy) is 4. The number of aliphatic hydroxyl groups excluding tert-OH is 1. The lowest BCUT2D eigenvalue weighted by molar-refractivity contribution is -0.448. The van der Waals surface area contributed by atoms with Crippen LogP contribution in [0.5, 0.6) is 0 Å². The van der Waals surface area contributed by atoms with Crippen LogP contribution >= 0.6 is 0 Å². The van der Waals surface area contributed by atoms with Crippen LogP contribution in [0.4, 0.5) is 0 Å². The maximum Gasteiger partial charge on any atom is 0.333 e. The minimum absolute atomic E-state index is 0.0170. The lowest BCUT2D eigenvalue weighted by Gasteiger charge is -2.74. The van der Waals surface area contributed by atoms with E-state index in [1.165, 1.54) is 13.4 Å². The second kappa shape index (κ2) is 9.53. The number of hydrogen-bond donors (Lipinski definition) is 2. The normalized spacial score (nSPS) is 44.2. The van der Waals surface area contributed by atoms with Gasteiger partial charge in [-0.3, -0.25) is 9.59 Å². The summed E-state index contributed by atoms with van der Waals surface area (Å²) in [7, 11) is 1.32. The Hall–Kier alpha value is -2.95. The van der Waals surface area contributed by atoms with Crippen molar-refractivity contribution in [3.63, 3.8) is 0 Å². The van der Waals surface area contributed by atoms with Crippen LogP contribution < -0.4 is 0 Å². The Morgan fingerprint density at radius 1 is 1.24 bits per heavy atom. The van der Waals surface area contributed by atoms with Crippen molar-refractivity contribution in [1.29, 1.82) is 0 Å². The first-order valence-electron chi connectivity index (χ1n) is 14.7. The van der Waals surface area contributed by atoms with Crippen molar-refractivity contribution in [3.05, 3.63) is 47.0 Å². The molecule has 3 aliphatic carbocycles. The number of fused-ring (bicyclic) bond motifs is 3. The van der Waals surface area contributed by atoms with Crippen molar-refractivity contribution in [2.45, 2.75) is 84.4 Å². The van der Waals surface area contributed by atoms with E-state index >= 15 is 0 Å². The fourth-order valence-electron chi connectivity index (χ4n) is 9.30. The van der Waals surface area contributed by atoms with E-state index in [2.05, 4.69) is 0 Å². The Kier molecular flexibility index (Phi) is 6.61. The average molecular weight is 585 g/mol. The third-order valence-electron chi connectivity index (χ3n) is 11.7. The summed E-state index contributed by atoms with van der Waals surface area (Å²) in [5, 5.41) is 24.9. The molecule has 4 heterocycles. The van der Waals surface area contributed by atoms with Gasteiger partial charge in [-0.1, -0.05) is 26.8 Å². The second-order valence-corrected chi connectivity index (χ2v) is 13.4. The fraction of sp³-hybridized carbons (Fsp3) is 0.656. The van der Waals surface area contributed by atoms with Crippen molar-refractivity contribution in [3.8, 4) is 0 Å². The van der Waals surface area contributed by atoms with Gasteiger partial charge in [-0.2, -0.15) is 0 Å². The Bertz CT molecular complexity index is 1380. The molecule has 1 aromatic heterocycles. The van der Waals surface area contributed by atoms with Crippen molar-refractivity contribution < 1.29 is 48.0 Å². The zero-order valence-corrected chi connectivity index (χ0v) is 25.0. The number of esters is 3. The minimum atomic E-state index is -1.92. The van der Waals surface area contributed by atoms with E-state index in [0.717, 1.165) is 11.1 Å². The van der Waals surface area contributed by atoms with Crippen LogP contribution in [0.25, 0.3) is 0 Å². The van der Waals surface area contributed by atoms with Crippen LogP contribution in [0.15, 0.2) is 45.8 Å². The van der Waals surface area contributed by atoms with Gasteiger partial charge in [0.25, 0.3) is 0 Å². The van der Waals surface area contributed by atoms with Crippen LogP contribution in [0, 0.1) is 34.0 Å². The van der Waals surface area contributed by atoms with E-state index in [0.29, 0.717) is 24.0 Å². The van der Waals surface area contributed by atoms with Gasteiger partial charge in [0, 0.05) is 33.8 Å². The van der Waals surface area contributed by atoms with Crippen molar-refractivity contribution >= 4 is 17.9 Å². The molecule has 3 saturated heterocycles. The number of hydrogen-bond acceptors (Lipinski definition) is 10. The number of methoxy groups -OCH3 is 1. The average Bonchev–Trinajstić information content (AvgIpc) is 3.49. The molecule has 0 amide bonds. The molecule has 0 radical (unpaired) electrons. The minimum Gasteiger partial charge on any atom is -0.472 e. The lowest BCUT2D eigenvalue weighted by Crippen LogP contribution is -2.83. The number of allylic oxidation sites excluding steroid dienone is 1. The highest BCUT2D eigenvalue weighted by Crippen LogP contribution is 2.74. The van der Waals surface area contributed by atoms with Crippen molar-refractivity contribution in [2.24, 2.45) is 34.0 Å². The highest BCUT2D eigenvalue weighted by molar-refractivity contribution is 5.88. The molecule has 10 heteroatoms. The first-order valence-corrected chi connectivity index (χ1v) is 14.7. The van der Waals surface area contributed by atoms with E-state index in [-0.39, 0.29) is 19.4 Å². The summed E-state index contributed by atoms with van der Waals surface area (Å²) in [4.78, 5) is 39.2. The summed E-state index contributed by atoms with van der Waals surface area (Å²) in [5.41, 5.74) is -0.125. The van der Waals surface area contributed by atoms with E-state index in [1.807, 2.05) is 20.8 Å². The predicted molar refractivity (Wildman–Crippen MR) is 146 cm³/mol. The van der Waals surface area contributed by atoms with Gasteiger partial charge in [0.15, 0.2) is 5.79 Å². The van der Waals surface area contributed by atoms with Gasteiger partial charge < -0.3 is 33.6 Å². The molecule has 4 bridgehead atoms. The molecule has 1 aromatic rings. The van der Waals surface area contributed by atoms with Crippen LogP contribution in [-0.4, -0.2) is 59.8 Å². The molecule has 3 aliphatic heterocycles. The molecule has 5 fully saturated rings. The molecular formula is C32H40O10. The van der Waals surface area contributed by atoms with Gasteiger partial charge >= 0.3 is 17.9 Å². The lowest BCUT2D eigenvalue weighted by atomic mass is 9.36. The monoisotopic (exact) mass is 584 g/mol. The first kappa shape index (κ1) is 29.1. The van der Waals surface area contributed by atoms with Gasteiger partial charge in [-0.15, -0.1) is 0 Å². The number of rotatable bonds is 5. The maximum absolute atomic E-state index is 13.2. The third-order valence-corrected chi connectivity index (χ3v) is 11.7. The summed E-state index contributed by atoms with van der Waals surface area (Å²) in [6.07, 6.45) is 2.95. The van der Waals surface area contributed by atoms with Crippen molar-refractivity contribution in [2.75, 3.05) is 13.7 Å². The van der Waals surface area contributed by atoms with Gasteiger partial charge in [0.05, 0.1) is 44.7 Å². The first-order chi connectivity index (χ1) is 19.8. The molecular weight excluding hydrogens is 544 g/mol. The number of aliphatic hydroxyl groups is 2. The van der Waals surface area contributed by atoms with Crippen LogP contribution in [-0.2, 0) is 33.3 Å². The topological polar surface area (TPSA) is 142 Å². The molecule has 10 atom stereocenters. The Labute approximate surface area is 245 Å². The van der Waals surface area contributed by atoms with Crippen LogP contribution in [0.1, 0.15) is 72.0 Å². The number of furan rings is 1. The fourth-order valence-corrected chi connectivity index (χ4v) is 9.30. The summed E-state index contributed by atoms with van der Waals surface area (Å²) >= 11 is 0. The molecule has 0 spiro atoms. The smallest absolute Gasteiger partial charge is 0.333 e. The zero-order chi connectivity index (χ0) is 30.4. The molecule has 10 nitrogen and oxygen atoms in total. The quantitative estimate of drug-likeness (QED) is 0.227. The highest BCUT2D eigenvalue weighted by Gasteiger charge is 2.81. The predicted octanol–water partition coefficient (Wildman–Crippen LogP) is 3.77. The molecule has 7 rings (SSSR count). The third kappa shape index (κ3) is 3.58. The SMILES string of the molecule is CC=C(C)C(=O)OC1C2C(O)C3=C4CC(=O)OC(c5ccoc5)C4(C)CCC3C3(C)C(CC(=O)OC)C1(C)COC23O. The zero-order valence-electron chi connectivity index (χ0n) is 25.0. The maximum atomic E-state index is 13.2. The van der Waals surface area contributed by atoms with E-state index in [9.17, 15) is 24.6 Å². The van der Waals surface area contributed by atoms with Crippen LogP contribution in [0.2, 0.25) is 0 Å². The molecule has 10 unspecified atom stereocenters.